The maximum Gasteiger partial charge on any atom is 0.416 e. The fraction of sp³-hybridized carbons (Fsp3) is 0.256. The molecule has 12 heteroatoms. The number of likely N-dealkylation sites (tertiary alicyclic amines) is 1. The van der Waals surface area contributed by atoms with Crippen LogP contribution in [0.25, 0.3) is 21.5 Å². The van der Waals surface area contributed by atoms with Crippen LogP contribution in [0.5, 0.6) is 0 Å². The lowest BCUT2D eigenvalue weighted by Crippen LogP contribution is -2.47. The molecule has 0 saturated carbocycles. The number of alkyl halides is 3. The highest BCUT2D eigenvalue weighted by Gasteiger charge is 2.41. The Kier molecular flexibility index (Phi) is 10.2. The third kappa shape index (κ3) is 7.76. The predicted molar refractivity (Wildman–Crippen MR) is 188 cm³/mol. The minimum atomic E-state index is -5.09. The highest BCUT2D eigenvalue weighted by atomic mass is 31.2. The number of rotatable bonds is 9. The van der Waals surface area contributed by atoms with Crippen LogP contribution in [0.15, 0.2) is 103 Å². The van der Waals surface area contributed by atoms with Crippen LogP contribution in [0.4, 0.5) is 13.2 Å². The Balaban J connectivity index is 1.21. The van der Waals surface area contributed by atoms with Crippen molar-refractivity contribution in [3.05, 3.63) is 131 Å². The van der Waals surface area contributed by atoms with Crippen LogP contribution < -0.4 is 0 Å². The number of ketones is 1. The van der Waals surface area contributed by atoms with Crippen LogP contribution in [-0.2, 0) is 22.0 Å². The Morgan fingerprint density at radius 2 is 1.39 bits per heavy atom. The summed E-state index contributed by atoms with van der Waals surface area (Å²) >= 11 is 0. The number of amides is 2. The number of nitrogens with zero attached hydrogens (tertiary/aromatic N) is 2. The van der Waals surface area contributed by atoms with E-state index in [2.05, 4.69) is 0 Å². The van der Waals surface area contributed by atoms with Gasteiger partial charge in [-0.1, -0.05) is 78.9 Å². The SMILES string of the molecule is CN(C(=O)c1cc2ccccc2cc1C(=O)C(c1cccc2ccccc12)P(=O)(O)O)C1CCN(C(=O)CCc2ccc(C(F)(F)F)cc2)CC1. The van der Waals surface area contributed by atoms with Crippen LogP contribution >= 0.6 is 7.60 Å². The van der Waals surface area contributed by atoms with Crippen molar-refractivity contribution >= 4 is 46.7 Å². The second-order valence-corrected chi connectivity index (χ2v) is 14.6. The van der Waals surface area contributed by atoms with Crippen molar-refractivity contribution in [2.24, 2.45) is 0 Å². The molecule has 5 aromatic rings. The molecule has 0 spiro atoms. The maximum atomic E-state index is 14.4. The number of halogens is 3. The van der Waals surface area contributed by atoms with Crippen LogP contribution in [0, 0.1) is 0 Å². The minimum Gasteiger partial charge on any atom is -0.343 e. The maximum absolute atomic E-state index is 14.4. The van der Waals surface area contributed by atoms with E-state index in [1.165, 1.54) is 29.2 Å². The van der Waals surface area contributed by atoms with E-state index in [0.717, 1.165) is 12.1 Å². The zero-order valence-corrected chi connectivity index (χ0v) is 28.6. The van der Waals surface area contributed by atoms with Gasteiger partial charge in [0.2, 0.25) is 5.91 Å². The first-order chi connectivity index (χ1) is 24.2. The van der Waals surface area contributed by atoms with Gasteiger partial charge >= 0.3 is 13.8 Å². The van der Waals surface area contributed by atoms with Crippen molar-refractivity contribution in [3.63, 3.8) is 0 Å². The minimum absolute atomic E-state index is 0.0231. The van der Waals surface area contributed by atoms with Crippen LogP contribution in [-0.4, -0.2) is 63.4 Å². The second-order valence-electron chi connectivity index (χ2n) is 12.9. The van der Waals surface area contributed by atoms with Gasteiger partial charge in [0, 0.05) is 38.2 Å². The van der Waals surface area contributed by atoms with Crippen molar-refractivity contribution in [1.82, 2.24) is 9.80 Å². The molecule has 0 bridgehead atoms. The predicted octanol–water partition coefficient (Wildman–Crippen LogP) is 7.81. The molecule has 1 fully saturated rings. The molecular formula is C39H36F3N2O6P. The largest absolute Gasteiger partial charge is 0.416 e. The van der Waals surface area contributed by atoms with Gasteiger partial charge < -0.3 is 19.6 Å². The summed E-state index contributed by atoms with van der Waals surface area (Å²) in [5.74, 6) is -1.49. The molecule has 0 aromatic heterocycles. The summed E-state index contributed by atoms with van der Waals surface area (Å²) in [7, 11) is -3.48. The average molecular weight is 717 g/mol. The molecular weight excluding hydrogens is 680 g/mol. The van der Waals surface area contributed by atoms with Gasteiger partial charge in [-0.2, -0.15) is 13.2 Å². The van der Waals surface area contributed by atoms with E-state index in [1.807, 2.05) is 0 Å². The van der Waals surface area contributed by atoms with Crippen molar-refractivity contribution in [2.75, 3.05) is 20.1 Å². The second kappa shape index (κ2) is 14.4. The van der Waals surface area contributed by atoms with Gasteiger partial charge in [0.1, 0.15) is 5.66 Å². The third-order valence-electron chi connectivity index (χ3n) is 9.68. The molecule has 1 heterocycles. The first kappa shape index (κ1) is 36.0. The summed E-state index contributed by atoms with van der Waals surface area (Å²) in [6.07, 6.45) is -3.10. The quantitative estimate of drug-likeness (QED) is 0.119. The van der Waals surface area contributed by atoms with E-state index in [4.69, 9.17) is 0 Å². The third-order valence-corrected chi connectivity index (χ3v) is 10.9. The Hall–Kier alpha value is -4.83. The number of carbonyl (C=O) groups excluding carboxylic acids is 3. The van der Waals surface area contributed by atoms with Crippen LogP contribution in [0.1, 0.15) is 62.3 Å². The van der Waals surface area contributed by atoms with E-state index in [1.54, 1.807) is 78.7 Å². The molecule has 1 saturated heterocycles. The van der Waals surface area contributed by atoms with E-state index in [9.17, 15) is 41.9 Å². The van der Waals surface area contributed by atoms with Gasteiger partial charge in [-0.25, -0.2) is 0 Å². The van der Waals surface area contributed by atoms with Gasteiger partial charge in [0.15, 0.2) is 5.78 Å². The molecule has 1 unspecified atom stereocenters. The molecule has 1 aliphatic heterocycles. The van der Waals surface area contributed by atoms with Crippen LogP contribution in [0.2, 0.25) is 0 Å². The van der Waals surface area contributed by atoms with Crippen molar-refractivity contribution in [1.29, 1.82) is 0 Å². The smallest absolute Gasteiger partial charge is 0.343 e. The lowest BCUT2D eigenvalue weighted by molar-refractivity contribution is -0.137. The summed E-state index contributed by atoms with van der Waals surface area (Å²) in [5, 5.41) is 2.54. The lowest BCUT2D eigenvalue weighted by atomic mass is 9.91. The molecule has 2 N–H and O–H groups in total. The Bertz CT molecular complexity index is 2150. The van der Waals surface area contributed by atoms with Crippen molar-refractivity contribution in [2.45, 2.75) is 43.6 Å². The number of carbonyl (C=O) groups is 3. The summed E-state index contributed by atoms with van der Waals surface area (Å²) in [5.41, 5.74) is -1.87. The van der Waals surface area contributed by atoms with Gasteiger partial charge in [0.05, 0.1) is 11.1 Å². The number of Topliss-reactive ketones (excluding diaryl/α,β-unsaturated/α-hetero) is 1. The standard InChI is InChI=1S/C39H36F3N2O6P/c1-43(30-19-21-44(22-20-30)35(45)18-15-25-13-16-29(17-14-25)39(40,41)42)38(47)34-24-28-9-3-2-8-27(28)23-33(34)36(46)37(51(48,49)50)32-12-6-10-26-7-4-5-11-31(26)32/h2-14,16-17,23-24,30,37H,15,18-22H2,1H3,(H2,48,49,50). The lowest BCUT2D eigenvalue weighted by Gasteiger charge is -2.37. The summed E-state index contributed by atoms with van der Waals surface area (Å²) in [4.78, 5) is 66.0. The summed E-state index contributed by atoms with van der Waals surface area (Å²) in [6, 6.07) is 26.6. The number of hydrogen-bond acceptors (Lipinski definition) is 4. The van der Waals surface area contributed by atoms with Gasteiger partial charge in [-0.15, -0.1) is 0 Å². The van der Waals surface area contributed by atoms with Crippen LogP contribution in [0.3, 0.4) is 0 Å². The Morgan fingerprint density at radius 3 is 2.00 bits per heavy atom. The molecule has 0 aliphatic carbocycles. The van der Waals surface area contributed by atoms with Gasteiger partial charge in [-0.3, -0.25) is 18.9 Å². The number of piperidine rings is 1. The van der Waals surface area contributed by atoms with Gasteiger partial charge in [0.25, 0.3) is 5.91 Å². The normalized spacial score (nSPS) is 14.8. The summed E-state index contributed by atoms with van der Waals surface area (Å²) in [6.45, 7) is 0.720. The van der Waals surface area contributed by atoms with Gasteiger partial charge in [-0.05, 0) is 76.2 Å². The topological polar surface area (TPSA) is 115 Å². The zero-order valence-electron chi connectivity index (χ0n) is 27.7. The monoisotopic (exact) mass is 716 g/mol. The Morgan fingerprint density at radius 1 is 0.824 bits per heavy atom. The molecule has 2 amide bonds. The molecule has 0 radical (unpaired) electrons. The number of benzene rings is 5. The fourth-order valence-corrected chi connectivity index (χ4v) is 7.89. The first-order valence-corrected chi connectivity index (χ1v) is 18.2. The number of fused-ring (bicyclic) bond motifs is 2. The molecule has 264 valence electrons. The number of aryl methyl sites for hydroxylation is 1. The average Bonchev–Trinajstić information content (AvgIpc) is 3.12. The van der Waals surface area contributed by atoms with E-state index in [0.29, 0.717) is 59.5 Å². The first-order valence-electron chi connectivity index (χ1n) is 16.5. The highest BCUT2D eigenvalue weighted by molar-refractivity contribution is 7.53. The fourth-order valence-electron chi connectivity index (χ4n) is 6.86. The van der Waals surface area contributed by atoms with Crippen molar-refractivity contribution < 1.29 is 41.9 Å². The molecule has 1 atom stereocenters. The molecule has 1 aliphatic rings. The molecule has 51 heavy (non-hydrogen) atoms. The highest BCUT2D eigenvalue weighted by Crippen LogP contribution is 2.55. The Labute approximate surface area is 292 Å². The molecule has 6 rings (SSSR count). The van der Waals surface area contributed by atoms with E-state index in [-0.39, 0.29) is 35.1 Å². The molecule has 8 nitrogen and oxygen atoms in total. The number of hydrogen-bond donors (Lipinski definition) is 2. The molecule has 5 aromatic carbocycles. The van der Waals surface area contributed by atoms with Crippen molar-refractivity contribution in [3.8, 4) is 0 Å². The van der Waals surface area contributed by atoms with E-state index >= 15 is 0 Å². The summed E-state index contributed by atoms with van der Waals surface area (Å²) < 4.78 is 51.7. The van der Waals surface area contributed by atoms with E-state index < -0.39 is 36.7 Å². The zero-order chi connectivity index (χ0) is 36.5.